The quantitative estimate of drug-likeness (QED) is 0.356. The van der Waals surface area contributed by atoms with Crippen molar-refractivity contribution in [3.8, 4) is 5.75 Å². The molecule has 2 aromatic rings. The number of aryl methyl sites for hydroxylation is 1. The number of Topliss-reactive ketones (excluding diaryl/α,β-unsaturated/α-hetero) is 1. The highest BCUT2D eigenvalue weighted by atomic mass is 16.5. The maximum absolute atomic E-state index is 13.2. The molecule has 4 rings (SSSR count). The van der Waals surface area contributed by atoms with Gasteiger partial charge < -0.3 is 19.6 Å². The lowest BCUT2D eigenvalue weighted by molar-refractivity contribution is -0.140. The van der Waals surface area contributed by atoms with Crippen LogP contribution in [0.15, 0.2) is 48.0 Å². The molecule has 0 saturated carbocycles. The van der Waals surface area contributed by atoms with Gasteiger partial charge >= 0.3 is 0 Å². The van der Waals surface area contributed by atoms with Crippen molar-refractivity contribution in [2.75, 3.05) is 26.2 Å². The third-order valence-electron chi connectivity index (χ3n) is 6.87. The van der Waals surface area contributed by atoms with Gasteiger partial charge in [-0.15, -0.1) is 0 Å². The van der Waals surface area contributed by atoms with Crippen molar-refractivity contribution in [1.82, 2.24) is 9.80 Å². The Balaban J connectivity index is 1.72. The lowest BCUT2D eigenvalue weighted by Crippen LogP contribution is -2.33. The molecule has 2 aliphatic heterocycles. The molecule has 1 fully saturated rings. The Morgan fingerprint density at radius 2 is 1.82 bits per heavy atom. The molecule has 0 spiro atoms. The molecule has 1 N–H and O–H groups in total. The van der Waals surface area contributed by atoms with E-state index in [-0.39, 0.29) is 17.4 Å². The number of amides is 1. The second-order valence-corrected chi connectivity index (χ2v) is 9.24. The fourth-order valence-corrected chi connectivity index (χ4v) is 4.94. The van der Waals surface area contributed by atoms with Crippen molar-refractivity contribution < 1.29 is 19.4 Å². The molecule has 34 heavy (non-hydrogen) atoms. The number of ketones is 1. The summed E-state index contributed by atoms with van der Waals surface area (Å²) >= 11 is 0. The number of likely N-dealkylation sites (tertiary alicyclic amines) is 1. The van der Waals surface area contributed by atoms with Crippen LogP contribution in [0.25, 0.3) is 5.76 Å². The smallest absolute Gasteiger partial charge is 0.295 e. The number of hydrogen-bond donors (Lipinski definition) is 1. The standard InChI is InChI=1S/C28H34N2O4/c1-5-29(6-2)14-7-15-30-25(20-10-8-18(3)9-11-20)24(27(32)28(30)33)26(31)21-12-13-23-22(17-21)16-19(4)34-23/h8-13,17,19,25,31H,5-7,14-16H2,1-4H3/t19-,25-/m0/s1. The summed E-state index contributed by atoms with van der Waals surface area (Å²) in [7, 11) is 0. The van der Waals surface area contributed by atoms with Crippen LogP contribution < -0.4 is 4.74 Å². The zero-order valence-corrected chi connectivity index (χ0v) is 20.5. The van der Waals surface area contributed by atoms with E-state index in [1.807, 2.05) is 50.2 Å². The number of carbonyl (C=O) groups is 2. The predicted molar refractivity (Wildman–Crippen MR) is 133 cm³/mol. The van der Waals surface area contributed by atoms with E-state index in [1.54, 1.807) is 11.0 Å². The number of carbonyl (C=O) groups excluding carboxylic acids is 2. The first kappa shape index (κ1) is 24.0. The SMILES string of the molecule is CCN(CC)CCCN1C(=O)C(=O)C(=C(O)c2ccc3c(c2)C[C@H](C)O3)[C@@H]1c1ccc(C)cc1. The van der Waals surface area contributed by atoms with Crippen molar-refractivity contribution in [3.63, 3.8) is 0 Å². The molecule has 0 bridgehead atoms. The van der Waals surface area contributed by atoms with Crippen LogP contribution >= 0.6 is 0 Å². The van der Waals surface area contributed by atoms with E-state index in [0.717, 1.165) is 54.9 Å². The Labute approximate surface area is 201 Å². The third kappa shape index (κ3) is 4.60. The first-order chi connectivity index (χ1) is 16.3. The van der Waals surface area contributed by atoms with Crippen LogP contribution in [-0.2, 0) is 16.0 Å². The summed E-state index contributed by atoms with van der Waals surface area (Å²) in [4.78, 5) is 30.3. The first-order valence-corrected chi connectivity index (χ1v) is 12.2. The van der Waals surface area contributed by atoms with E-state index in [1.165, 1.54) is 0 Å². The summed E-state index contributed by atoms with van der Waals surface area (Å²) in [6.45, 7) is 11.4. The Morgan fingerprint density at radius 3 is 2.50 bits per heavy atom. The molecule has 6 nitrogen and oxygen atoms in total. The van der Waals surface area contributed by atoms with Gasteiger partial charge in [0.15, 0.2) is 0 Å². The van der Waals surface area contributed by atoms with Gasteiger partial charge in [-0.25, -0.2) is 0 Å². The van der Waals surface area contributed by atoms with E-state index >= 15 is 0 Å². The number of benzene rings is 2. The molecule has 0 aromatic heterocycles. The molecule has 2 aromatic carbocycles. The van der Waals surface area contributed by atoms with Gasteiger partial charge in [-0.3, -0.25) is 9.59 Å². The van der Waals surface area contributed by atoms with Gasteiger partial charge in [0.05, 0.1) is 11.6 Å². The van der Waals surface area contributed by atoms with Crippen LogP contribution in [0.1, 0.15) is 55.5 Å². The molecule has 0 aliphatic carbocycles. The summed E-state index contributed by atoms with van der Waals surface area (Å²) in [5, 5.41) is 11.3. The van der Waals surface area contributed by atoms with E-state index in [0.29, 0.717) is 12.1 Å². The van der Waals surface area contributed by atoms with Crippen LogP contribution in [0.5, 0.6) is 5.75 Å². The van der Waals surface area contributed by atoms with E-state index in [4.69, 9.17) is 4.74 Å². The van der Waals surface area contributed by atoms with E-state index in [9.17, 15) is 14.7 Å². The molecular formula is C28H34N2O4. The minimum Gasteiger partial charge on any atom is -0.507 e. The number of ether oxygens (including phenoxy) is 1. The lowest BCUT2D eigenvalue weighted by Gasteiger charge is -2.27. The van der Waals surface area contributed by atoms with Crippen LogP contribution in [0, 0.1) is 6.92 Å². The number of aliphatic hydroxyl groups is 1. The van der Waals surface area contributed by atoms with Gasteiger partial charge in [0.2, 0.25) is 0 Å². The lowest BCUT2D eigenvalue weighted by atomic mass is 9.94. The molecule has 0 unspecified atom stereocenters. The van der Waals surface area contributed by atoms with Gasteiger partial charge in [0.1, 0.15) is 17.6 Å². The topological polar surface area (TPSA) is 70.1 Å². The average molecular weight is 463 g/mol. The van der Waals surface area contributed by atoms with Crippen LogP contribution in [0.2, 0.25) is 0 Å². The summed E-state index contributed by atoms with van der Waals surface area (Å²) in [5.74, 6) is -0.505. The molecule has 2 aliphatic rings. The van der Waals surface area contributed by atoms with Gasteiger partial charge in [-0.05, 0) is 69.2 Å². The number of fused-ring (bicyclic) bond motifs is 1. The highest BCUT2D eigenvalue weighted by Gasteiger charge is 2.45. The molecule has 1 saturated heterocycles. The average Bonchev–Trinajstić information content (AvgIpc) is 3.32. The zero-order valence-electron chi connectivity index (χ0n) is 20.5. The second kappa shape index (κ2) is 10.0. The van der Waals surface area contributed by atoms with Crippen molar-refractivity contribution in [1.29, 1.82) is 0 Å². The Hall–Kier alpha value is -3.12. The highest BCUT2D eigenvalue weighted by Crippen LogP contribution is 2.40. The zero-order chi connectivity index (χ0) is 24.4. The van der Waals surface area contributed by atoms with E-state index in [2.05, 4.69) is 18.7 Å². The van der Waals surface area contributed by atoms with Gasteiger partial charge in [-0.1, -0.05) is 43.7 Å². The minimum absolute atomic E-state index is 0.0799. The molecule has 2 atom stereocenters. The number of rotatable bonds is 8. The van der Waals surface area contributed by atoms with Crippen molar-refractivity contribution >= 4 is 17.4 Å². The summed E-state index contributed by atoms with van der Waals surface area (Å²) < 4.78 is 5.77. The summed E-state index contributed by atoms with van der Waals surface area (Å²) in [6, 6.07) is 12.7. The Bertz CT molecular complexity index is 1100. The third-order valence-corrected chi connectivity index (χ3v) is 6.87. The van der Waals surface area contributed by atoms with Crippen LogP contribution in [0.4, 0.5) is 0 Å². The fourth-order valence-electron chi connectivity index (χ4n) is 4.94. The monoisotopic (exact) mass is 462 g/mol. The maximum atomic E-state index is 13.2. The molecule has 1 amide bonds. The van der Waals surface area contributed by atoms with Gasteiger partial charge in [0.25, 0.3) is 11.7 Å². The summed E-state index contributed by atoms with van der Waals surface area (Å²) in [6.07, 6.45) is 1.58. The minimum atomic E-state index is -0.629. The van der Waals surface area contributed by atoms with Crippen molar-refractivity contribution in [2.24, 2.45) is 0 Å². The van der Waals surface area contributed by atoms with Crippen LogP contribution in [-0.4, -0.2) is 58.9 Å². The number of hydrogen-bond acceptors (Lipinski definition) is 5. The molecule has 6 heteroatoms. The predicted octanol–water partition coefficient (Wildman–Crippen LogP) is 4.47. The summed E-state index contributed by atoms with van der Waals surface area (Å²) in [5.41, 5.74) is 3.61. The fraction of sp³-hybridized carbons (Fsp3) is 0.429. The molecule has 0 radical (unpaired) electrons. The normalized spacial score (nSPS) is 21.3. The van der Waals surface area contributed by atoms with Crippen LogP contribution in [0.3, 0.4) is 0 Å². The molecule has 2 heterocycles. The van der Waals surface area contributed by atoms with E-state index < -0.39 is 17.7 Å². The van der Waals surface area contributed by atoms with Gasteiger partial charge in [0, 0.05) is 18.5 Å². The Morgan fingerprint density at radius 1 is 1.12 bits per heavy atom. The largest absolute Gasteiger partial charge is 0.507 e. The van der Waals surface area contributed by atoms with Gasteiger partial charge in [-0.2, -0.15) is 0 Å². The van der Waals surface area contributed by atoms with Crippen molar-refractivity contribution in [2.45, 2.75) is 52.7 Å². The Kier molecular flexibility index (Phi) is 7.08. The number of nitrogens with zero attached hydrogens (tertiary/aromatic N) is 2. The first-order valence-electron chi connectivity index (χ1n) is 12.2. The highest BCUT2D eigenvalue weighted by molar-refractivity contribution is 6.46. The molecular weight excluding hydrogens is 428 g/mol. The second-order valence-electron chi connectivity index (χ2n) is 9.24. The maximum Gasteiger partial charge on any atom is 0.295 e. The number of aliphatic hydroxyl groups excluding tert-OH is 1. The van der Waals surface area contributed by atoms with Crippen molar-refractivity contribution in [3.05, 3.63) is 70.3 Å². The molecule has 180 valence electrons.